The Balaban J connectivity index is 0.000000774. The molecule has 0 unspecified atom stereocenters. The van der Waals surface area contributed by atoms with E-state index in [-0.39, 0.29) is 5.97 Å². The van der Waals surface area contributed by atoms with Gasteiger partial charge in [-0.3, -0.25) is 4.79 Å². The van der Waals surface area contributed by atoms with Crippen molar-refractivity contribution in [1.29, 1.82) is 0 Å². The lowest BCUT2D eigenvalue weighted by molar-refractivity contribution is -0.137. The van der Waals surface area contributed by atoms with E-state index in [0.29, 0.717) is 11.7 Å². The molecular formula is C15H20N2O2S2. The molecule has 0 atom stereocenters. The molecule has 0 aromatic carbocycles. The molecule has 2 aromatic heterocycles. The summed E-state index contributed by atoms with van der Waals surface area (Å²) in [7, 11) is 1.40. The van der Waals surface area contributed by atoms with Crippen molar-refractivity contribution in [2.75, 3.05) is 12.9 Å². The van der Waals surface area contributed by atoms with Gasteiger partial charge in [0, 0.05) is 4.88 Å². The van der Waals surface area contributed by atoms with Crippen LogP contribution in [0.3, 0.4) is 0 Å². The zero-order chi connectivity index (χ0) is 15.4. The van der Waals surface area contributed by atoms with Gasteiger partial charge in [0.2, 0.25) is 0 Å². The topological polar surface area (TPSA) is 52.1 Å². The van der Waals surface area contributed by atoms with Gasteiger partial charge in [0.05, 0.1) is 23.1 Å². The summed E-state index contributed by atoms with van der Waals surface area (Å²) < 4.78 is 5.77. The highest BCUT2D eigenvalue weighted by Crippen LogP contribution is 2.48. The molecule has 1 saturated carbocycles. The van der Waals surface area contributed by atoms with Gasteiger partial charge in [-0.15, -0.1) is 11.3 Å². The summed E-state index contributed by atoms with van der Waals surface area (Å²) in [6.07, 6.45) is 4.13. The summed E-state index contributed by atoms with van der Waals surface area (Å²) in [5.41, 5.74) is 2.47. The third-order valence-electron chi connectivity index (χ3n) is 3.20. The maximum Gasteiger partial charge on any atom is 0.316 e. The largest absolute Gasteiger partial charge is 0.468 e. The molecule has 1 fully saturated rings. The molecular weight excluding hydrogens is 304 g/mol. The average Bonchev–Trinajstić information content (AvgIpc) is 3.28. The van der Waals surface area contributed by atoms with Gasteiger partial charge in [-0.1, -0.05) is 25.6 Å². The van der Waals surface area contributed by atoms with Crippen molar-refractivity contribution >= 4 is 39.3 Å². The minimum atomic E-state index is -0.229. The van der Waals surface area contributed by atoms with Gasteiger partial charge < -0.3 is 4.74 Å². The Morgan fingerprint density at radius 2 is 2.14 bits per heavy atom. The van der Waals surface area contributed by atoms with E-state index in [1.165, 1.54) is 42.2 Å². The van der Waals surface area contributed by atoms with Crippen LogP contribution in [0, 0.1) is 6.92 Å². The molecule has 0 radical (unpaired) electrons. The van der Waals surface area contributed by atoms with E-state index in [1.54, 1.807) is 17.7 Å². The molecule has 114 valence electrons. The summed E-state index contributed by atoms with van der Waals surface area (Å²) in [5, 5.41) is 0.885. The van der Waals surface area contributed by atoms with Crippen LogP contribution >= 0.6 is 23.1 Å². The second-order valence-corrected chi connectivity index (χ2v) is 6.76. The highest BCUT2D eigenvalue weighted by molar-refractivity contribution is 8.00. The molecule has 0 aliphatic heterocycles. The van der Waals surface area contributed by atoms with Crippen LogP contribution in [-0.2, 0) is 9.53 Å². The number of hydrogen-bond acceptors (Lipinski definition) is 6. The SMILES string of the molecule is CC.COC(=O)CSc1ncnc2c(C3CC3)c(C)sc12. The smallest absolute Gasteiger partial charge is 0.316 e. The number of carbonyl (C=O) groups excluding carboxylic acids is 1. The van der Waals surface area contributed by atoms with Crippen LogP contribution in [0.4, 0.5) is 0 Å². The number of hydrogen-bond donors (Lipinski definition) is 0. The van der Waals surface area contributed by atoms with E-state index in [4.69, 9.17) is 0 Å². The van der Waals surface area contributed by atoms with Crippen LogP contribution in [0.5, 0.6) is 0 Å². The quantitative estimate of drug-likeness (QED) is 0.480. The molecule has 2 heterocycles. The van der Waals surface area contributed by atoms with Crippen molar-refractivity contribution in [2.45, 2.75) is 44.6 Å². The number of methoxy groups -OCH3 is 1. The van der Waals surface area contributed by atoms with Gasteiger partial charge in [-0.25, -0.2) is 9.97 Å². The van der Waals surface area contributed by atoms with Gasteiger partial charge in [-0.05, 0) is 31.2 Å². The second kappa shape index (κ2) is 7.22. The summed E-state index contributed by atoms with van der Waals surface area (Å²) >= 11 is 3.16. The van der Waals surface area contributed by atoms with Crippen LogP contribution in [0.1, 0.15) is 43.0 Å². The predicted molar refractivity (Wildman–Crippen MR) is 88.2 cm³/mol. The molecule has 0 spiro atoms. The lowest BCUT2D eigenvalue weighted by Gasteiger charge is -2.01. The van der Waals surface area contributed by atoms with Crippen molar-refractivity contribution in [2.24, 2.45) is 0 Å². The van der Waals surface area contributed by atoms with Gasteiger partial charge in [0.15, 0.2) is 0 Å². The lowest BCUT2D eigenvalue weighted by atomic mass is 10.1. The van der Waals surface area contributed by atoms with Gasteiger partial charge in [0.1, 0.15) is 11.4 Å². The van der Waals surface area contributed by atoms with Gasteiger partial charge >= 0.3 is 5.97 Å². The Hall–Kier alpha value is -1.14. The van der Waals surface area contributed by atoms with Crippen molar-refractivity contribution in [1.82, 2.24) is 9.97 Å². The number of aromatic nitrogens is 2. The average molecular weight is 324 g/mol. The summed E-state index contributed by atoms with van der Waals surface area (Å²) in [6, 6.07) is 0. The van der Waals surface area contributed by atoms with E-state index in [1.807, 2.05) is 13.8 Å². The monoisotopic (exact) mass is 324 g/mol. The zero-order valence-electron chi connectivity index (χ0n) is 12.8. The molecule has 2 aromatic rings. The minimum absolute atomic E-state index is 0.229. The number of carbonyl (C=O) groups is 1. The first-order valence-electron chi connectivity index (χ1n) is 7.14. The van der Waals surface area contributed by atoms with Crippen molar-refractivity contribution in [3.63, 3.8) is 0 Å². The lowest BCUT2D eigenvalue weighted by Crippen LogP contribution is -2.03. The first kappa shape index (κ1) is 16.2. The normalized spacial score (nSPS) is 13.7. The van der Waals surface area contributed by atoms with Crippen molar-refractivity contribution < 1.29 is 9.53 Å². The second-order valence-electron chi connectivity index (χ2n) is 4.57. The molecule has 6 heteroatoms. The maximum absolute atomic E-state index is 11.2. The Morgan fingerprint density at radius 1 is 1.43 bits per heavy atom. The zero-order valence-corrected chi connectivity index (χ0v) is 14.4. The van der Waals surface area contributed by atoms with E-state index in [9.17, 15) is 4.79 Å². The highest BCUT2D eigenvalue weighted by Gasteiger charge is 2.29. The first-order chi connectivity index (χ1) is 10.2. The van der Waals surface area contributed by atoms with Crippen LogP contribution in [0.15, 0.2) is 11.4 Å². The molecule has 1 aliphatic carbocycles. The number of thiophene rings is 1. The molecule has 0 bridgehead atoms. The Bertz CT molecular complexity index is 636. The summed E-state index contributed by atoms with van der Waals surface area (Å²) in [4.78, 5) is 21.3. The number of ether oxygens (including phenoxy) is 1. The van der Waals surface area contributed by atoms with E-state index in [0.717, 1.165) is 15.2 Å². The van der Waals surface area contributed by atoms with Crippen LogP contribution < -0.4 is 0 Å². The van der Waals surface area contributed by atoms with Gasteiger partial charge in [0.25, 0.3) is 0 Å². The fraction of sp³-hybridized carbons (Fsp3) is 0.533. The molecule has 21 heavy (non-hydrogen) atoms. The number of rotatable bonds is 4. The Kier molecular flexibility index (Phi) is 5.58. The number of nitrogens with zero attached hydrogens (tertiary/aromatic N) is 2. The highest BCUT2D eigenvalue weighted by atomic mass is 32.2. The number of aryl methyl sites for hydroxylation is 1. The van der Waals surface area contributed by atoms with E-state index < -0.39 is 0 Å². The van der Waals surface area contributed by atoms with E-state index in [2.05, 4.69) is 21.6 Å². The van der Waals surface area contributed by atoms with Crippen molar-refractivity contribution in [3.8, 4) is 0 Å². The summed E-state index contributed by atoms with van der Waals surface area (Å²) in [5.74, 6) is 0.743. The molecule has 4 nitrogen and oxygen atoms in total. The third kappa shape index (κ3) is 3.55. The number of thioether (sulfide) groups is 1. The molecule has 0 saturated heterocycles. The molecule has 0 N–H and O–H groups in total. The molecule has 3 rings (SSSR count). The third-order valence-corrected chi connectivity index (χ3v) is 5.41. The number of esters is 1. The van der Waals surface area contributed by atoms with Crippen LogP contribution in [0.25, 0.3) is 10.2 Å². The van der Waals surface area contributed by atoms with E-state index >= 15 is 0 Å². The van der Waals surface area contributed by atoms with Crippen LogP contribution in [0.2, 0.25) is 0 Å². The fourth-order valence-corrected chi connectivity index (χ4v) is 4.26. The Labute approximate surface area is 133 Å². The van der Waals surface area contributed by atoms with Gasteiger partial charge in [-0.2, -0.15) is 0 Å². The first-order valence-corrected chi connectivity index (χ1v) is 8.94. The minimum Gasteiger partial charge on any atom is -0.468 e. The molecule has 1 aliphatic rings. The number of fused-ring (bicyclic) bond motifs is 1. The standard InChI is InChI=1S/C13H14N2O2S2.C2H6/c1-7-10(8-3-4-8)11-12(19-7)13(15-6-14-11)18-5-9(16)17-2;1-2/h6,8H,3-5H2,1-2H3;1-2H3. The Morgan fingerprint density at radius 3 is 2.76 bits per heavy atom. The maximum atomic E-state index is 11.2. The summed E-state index contributed by atoms with van der Waals surface area (Å²) in [6.45, 7) is 6.15. The van der Waals surface area contributed by atoms with Crippen molar-refractivity contribution in [3.05, 3.63) is 16.8 Å². The predicted octanol–water partition coefficient (Wildman–Crippen LogP) is 4.17. The fourth-order valence-electron chi connectivity index (χ4n) is 2.16. The van der Waals surface area contributed by atoms with Crippen LogP contribution in [-0.4, -0.2) is 28.8 Å². The molecule has 0 amide bonds.